The zero-order valence-electron chi connectivity index (χ0n) is 19.0. The maximum absolute atomic E-state index is 6.37. The Bertz CT molecular complexity index is 1350. The molecular weight excluding hydrogens is 418 g/mol. The van der Waals surface area contributed by atoms with Crippen LogP contribution in [0.3, 0.4) is 0 Å². The van der Waals surface area contributed by atoms with Crippen LogP contribution in [0.25, 0.3) is 16.8 Å². The van der Waals surface area contributed by atoms with Crippen LogP contribution < -0.4 is 4.74 Å². The summed E-state index contributed by atoms with van der Waals surface area (Å²) in [5.41, 5.74) is 7.30. The van der Waals surface area contributed by atoms with Crippen LogP contribution in [-0.2, 0) is 19.5 Å². The molecule has 34 heavy (non-hydrogen) atoms. The minimum atomic E-state index is 0.283. The van der Waals surface area contributed by atoms with Gasteiger partial charge in [-0.05, 0) is 46.9 Å². The molecule has 0 unspecified atom stereocenters. The molecule has 1 aliphatic rings. The van der Waals surface area contributed by atoms with Gasteiger partial charge in [0.15, 0.2) is 0 Å². The van der Waals surface area contributed by atoms with Crippen LogP contribution in [0.5, 0.6) is 5.75 Å². The lowest BCUT2D eigenvalue weighted by Gasteiger charge is -2.36. The van der Waals surface area contributed by atoms with Crippen molar-refractivity contribution in [2.75, 3.05) is 6.61 Å². The Morgan fingerprint density at radius 1 is 0.824 bits per heavy atom. The normalized spacial score (nSPS) is 15.3. The van der Waals surface area contributed by atoms with Crippen molar-refractivity contribution < 1.29 is 4.74 Å². The number of hydrogen-bond acceptors (Lipinski definition) is 3. The SMILES string of the molecule is c1ccc(CN(Cc2ccccc2)[C@@H]2COc3cccc(-c4ccc5nccn5c4)c3C2)cc1. The maximum Gasteiger partial charge on any atom is 0.136 e. The number of aromatic nitrogens is 2. The van der Waals surface area contributed by atoms with E-state index in [0.717, 1.165) is 30.9 Å². The van der Waals surface area contributed by atoms with E-state index in [-0.39, 0.29) is 6.04 Å². The van der Waals surface area contributed by atoms with Crippen LogP contribution in [0, 0.1) is 0 Å². The number of nitrogens with zero attached hydrogens (tertiary/aromatic N) is 3. The highest BCUT2D eigenvalue weighted by atomic mass is 16.5. The number of imidazole rings is 1. The van der Waals surface area contributed by atoms with E-state index in [2.05, 4.69) is 111 Å². The van der Waals surface area contributed by atoms with Crippen molar-refractivity contribution in [1.29, 1.82) is 0 Å². The monoisotopic (exact) mass is 445 g/mol. The van der Waals surface area contributed by atoms with Gasteiger partial charge < -0.3 is 9.14 Å². The van der Waals surface area contributed by atoms with Crippen molar-refractivity contribution in [1.82, 2.24) is 14.3 Å². The molecule has 2 aromatic heterocycles. The highest BCUT2D eigenvalue weighted by Gasteiger charge is 2.28. The Kier molecular flexibility index (Phi) is 5.58. The number of hydrogen-bond donors (Lipinski definition) is 0. The second-order valence-corrected chi connectivity index (χ2v) is 8.94. The zero-order chi connectivity index (χ0) is 22.7. The Hall–Kier alpha value is -3.89. The summed E-state index contributed by atoms with van der Waals surface area (Å²) in [5.74, 6) is 0.999. The molecule has 168 valence electrons. The average molecular weight is 446 g/mol. The van der Waals surface area contributed by atoms with E-state index < -0.39 is 0 Å². The summed E-state index contributed by atoms with van der Waals surface area (Å²) in [6.07, 6.45) is 6.94. The molecule has 0 saturated heterocycles. The predicted octanol–water partition coefficient (Wildman–Crippen LogP) is 6.01. The molecule has 0 radical (unpaired) electrons. The number of rotatable bonds is 6. The van der Waals surface area contributed by atoms with Crippen LogP contribution in [0.1, 0.15) is 16.7 Å². The first-order valence-corrected chi connectivity index (χ1v) is 11.8. The summed E-state index contributed by atoms with van der Waals surface area (Å²) >= 11 is 0. The van der Waals surface area contributed by atoms with Crippen molar-refractivity contribution in [2.45, 2.75) is 25.6 Å². The summed E-state index contributed by atoms with van der Waals surface area (Å²) in [5, 5.41) is 0. The van der Waals surface area contributed by atoms with Gasteiger partial charge in [0, 0.05) is 43.3 Å². The molecule has 0 aliphatic carbocycles. The fourth-order valence-corrected chi connectivity index (χ4v) is 4.93. The molecule has 1 atom stereocenters. The molecule has 4 heteroatoms. The zero-order valence-corrected chi connectivity index (χ0v) is 19.0. The third-order valence-corrected chi connectivity index (χ3v) is 6.68. The van der Waals surface area contributed by atoms with Gasteiger partial charge in [-0.25, -0.2) is 4.98 Å². The van der Waals surface area contributed by atoms with Crippen molar-refractivity contribution in [3.8, 4) is 16.9 Å². The van der Waals surface area contributed by atoms with E-state index in [0.29, 0.717) is 6.61 Å². The predicted molar refractivity (Wildman–Crippen MR) is 136 cm³/mol. The molecule has 0 fully saturated rings. The molecule has 3 aromatic carbocycles. The van der Waals surface area contributed by atoms with Crippen LogP contribution >= 0.6 is 0 Å². The van der Waals surface area contributed by atoms with Crippen LogP contribution in [-0.4, -0.2) is 26.9 Å². The molecule has 0 saturated carbocycles. The van der Waals surface area contributed by atoms with Gasteiger partial charge >= 0.3 is 0 Å². The summed E-state index contributed by atoms with van der Waals surface area (Å²) in [6, 6.07) is 32.4. The van der Waals surface area contributed by atoms with Gasteiger partial charge in [-0.3, -0.25) is 4.90 Å². The van der Waals surface area contributed by atoms with E-state index in [4.69, 9.17) is 4.74 Å². The summed E-state index contributed by atoms with van der Waals surface area (Å²) in [6.45, 7) is 2.47. The molecule has 5 aromatic rings. The molecule has 0 bridgehead atoms. The quantitative estimate of drug-likeness (QED) is 0.321. The van der Waals surface area contributed by atoms with Gasteiger partial charge in [0.25, 0.3) is 0 Å². The van der Waals surface area contributed by atoms with E-state index in [1.807, 2.05) is 12.4 Å². The summed E-state index contributed by atoms with van der Waals surface area (Å²) < 4.78 is 8.44. The molecular formula is C30H27N3O. The lowest BCUT2D eigenvalue weighted by Crippen LogP contribution is -2.42. The molecule has 1 aliphatic heterocycles. The van der Waals surface area contributed by atoms with Crippen LogP contribution in [0.2, 0.25) is 0 Å². The molecule has 0 amide bonds. The Labute approximate surface area is 200 Å². The lowest BCUT2D eigenvalue weighted by molar-refractivity contribution is 0.106. The Balaban J connectivity index is 1.34. The highest BCUT2D eigenvalue weighted by molar-refractivity contribution is 5.71. The fraction of sp³-hybridized carbons (Fsp3) is 0.167. The molecule has 0 spiro atoms. The Morgan fingerprint density at radius 3 is 2.29 bits per heavy atom. The van der Waals surface area contributed by atoms with Gasteiger partial charge in [0.1, 0.15) is 18.0 Å². The van der Waals surface area contributed by atoms with Crippen molar-refractivity contribution >= 4 is 5.65 Å². The van der Waals surface area contributed by atoms with Crippen molar-refractivity contribution in [3.05, 3.63) is 126 Å². The molecule has 4 nitrogen and oxygen atoms in total. The number of benzene rings is 3. The standard InChI is InChI=1S/C30H27N3O/c1-3-8-23(9-4-1)19-33(20-24-10-5-2-6-11-24)26-18-28-27(12-7-13-29(28)34-22-26)25-14-15-30-31-16-17-32(30)21-25/h1-17,21,26H,18-20,22H2/t26-/m0/s1. The smallest absolute Gasteiger partial charge is 0.136 e. The first-order chi connectivity index (χ1) is 16.8. The molecule has 0 N–H and O–H groups in total. The van der Waals surface area contributed by atoms with Gasteiger partial charge in [0.2, 0.25) is 0 Å². The van der Waals surface area contributed by atoms with Crippen molar-refractivity contribution in [2.24, 2.45) is 0 Å². The topological polar surface area (TPSA) is 29.8 Å². The second-order valence-electron chi connectivity index (χ2n) is 8.94. The molecule has 3 heterocycles. The minimum absolute atomic E-state index is 0.283. The van der Waals surface area contributed by atoms with Gasteiger partial charge in [-0.2, -0.15) is 0 Å². The van der Waals surface area contributed by atoms with Crippen molar-refractivity contribution in [3.63, 3.8) is 0 Å². The fourth-order valence-electron chi connectivity index (χ4n) is 4.93. The lowest BCUT2D eigenvalue weighted by atomic mass is 9.92. The maximum atomic E-state index is 6.37. The average Bonchev–Trinajstić information content (AvgIpc) is 3.37. The summed E-state index contributed by atoms with van der Waals surface area (Å²) in [4.78, 5) is 6.95. The number of fused-ring (bicyclic) bond motifs is 2. The van der Waals surface area contributed by atoms with E-state index in [1.54, 1.807) is 0 Å². The van der Waals surface area contributed by atoms with Crippen LogP contribution in [0.15, 0.2) is 110 Å². The minimum Gasteiger partial charge on any atom is -0.492 e. The largest absolute Gasteiger partial charge is 0.492 e. The third-order valence-electron chi connectivity index (χ3n) is 6.68. The first-order valence-electron chi connectivity index (χ1n) is 11.8. The van der Waals surface area contributed by atoms with Crippen LogP contribution in [0.4, 0.5) is 0 Å². The molecule has 6 rings (SSSR count). The van der Waals surface area contributed by atoms with Gasteiger partial charge in [-0.1, -0.05) is 72.8 Å². The second kappa shape index (κ2) is 9.16. The summed E-state index contributed by atoms with van der Waals surface area (Å²) in [7, 11) is 0. The highest BCUT2D eigenvalue weighted by Crippen LogP contribution is 2.36. The third kappa shape index (κ3) is 4.20. The van der Waals surface area contributed by atoms with Gasteiger partial charge in [0.05, 0.1) is 0 Å². The van der Waals surface area contributed by atoms with E-state index in [1.165, 1.54) is 27.8 Å². The van der Waals surface area contributed by atoms with Gasteiger partial charge in [-0.15, -0.1) is 0 Å². The first kappa shape index (κ1) is 20.7. The van der Waals surface area contributed by atoms with E-state index in [9.17, 15) is 0 Å². The number of ether oxygens (including phenoxy) is 1. The van der Waals surface area contributed by atoms with E-state index >= 15 is 0 Å². The Morgan fingerprint density at radius 2 is 1.56 bits per heavy atom. The number of pyridine rings is 1.